The van der Waals surface area contributed by atoms with E-state index < -0.39 is 67.7 Å². The molecule has 13 heteroatoms. The van der Waals surface area contributed by atoms with Gasteiger partial charge in [0, 0.05) is 0 Å². The molecule has 0 radical (unpaired) electrons. The van der Waals surface area contributed by atoms with Crippen LogP contribution in [0, 0.1) is 5.82 Å². The van der Waals surface area contributed by atoms with E-state index in [1.54, 1.807) is 4.72 Å². The van der Waals surface area contributed by atoms with E-state index in [9.17, 15) is 40.7 Å². The fraction of sp³-hybridized carbons (Fsp3) is 0.300. The number of aliphatic hydroxyl groups excluding tert-OH is 1. The zero-order chi connectivity index (χ0) is 25.0. The number of aliphatic hydroxyl groups is 1. The van der Waals surface area contributed by atoms with Crippen LogP contribution in [0.3, 0.4) is 0 Å². The Hall–Kier alpha value is -3.19. The molecule has 180 valence electrons. The third-order valence-corrected chi connectivity index (χ3v) is 5.69. The van der Waals surface area contributed by atoms with Crippen LogP contribution in [0.4, 0.5) is 23.2 Å². The zero-order valence-electron chi connectivity index (χ0n) is 17.3. The van der Waals surface area contributed by atoms with Gasteiger partial charge in [-0.05, 0) is 44.2 Å². The number of hydrogen-bond acceptors (Lipinski definition) is 6. The number of carbonyl (C=O) groups is 2. The van der Waals surface area contributed by atoms with Crippen LogP contribution in [-0.4, -0.2) is 44.2 Å². The van der Waals surface area contributed by atoms with Crippen molar-refractivity contribution in [3.63, 3.8) is 0 Å². The van der Waals surface area contributed by atoms with Crippen LogP contribution in [0.1, 0.15) is 29.8 Å². The van der Waals surface area contributed by atoms with Crippen molar-refractivity contribution in [1.82, 2.24) is 5.32 Å². The number of sulfonamides is 1. The van der Waals surface area contributed by atoms with Gasteiger partial charge in [0.2, 0.25) is 0 Å². The van der Waals surface area contributed by atoms with Gasteiger partial charge in [-0.25, -0.2) is 17.6 Å². The molecule has 0 saturated carbocycles. The van der Waals surface area contributed by atoms with Gasteiger partial charge in [-0.15, -0.1) is 0 Å². The van der Waals surface area contributed by atoms with Crippen molar-refractivity contribution in [3.8, 4) is 0 Å². The average Bonchev–Trinajstić information content (AvgIpc) is 2.72. The van der Waals surface area contributed by atoms with Crippen LogP contribution in [-0.2, 0) is 25.7 Å². The minimum atomic E-state index is -5.07. The molecule has 8 nitrogen and oxygen atoms in total. The first-order valence-electron chi connectivity index (χ1n) is 9.42. The smallest absolute Gasteiger partial charge is 0.418 e. The van der Waals surface area contributed by atoms with Gasteiger partial charge in [-0.3, -0.25) is 9.52 Å². The number of esters is 1. The van der Waals surface area contributed by atoms with Gasteiger partial charge in [-0.1, -0.05) is 12.1 Å². The molecule has 0 spiro atoms. The van der Waals surface area contributed by atoms with E-state index in [4.69, 9.17) is 4.74 Å². The lowest BCUT2D eigenvalue weighted by Crippen LogP contribution is -2.48. The van der Waals surface area contributed by atoms with Gasteiger partial charge in [0.25, 0.3) is 15.9 Å². The van der Waals surface area contributed by atoms with Gasteiger partial charge >= 0.3 is 12.1 Å². The second-order valence-corrected chi connectivity index (χ2v) is 8.38. The highest BCUT2D eigenvalue weighted by Crippen LogP contribution is 2.36. The summed E-state index contributed by atoms with van der Waals surface area (Å²) in [5.41, 5.74) is -3.03. The first kappa shape index (κ1) is 26.1. The van der Waals surface area contributed by atoms with Crippen LogP contribution >= 0.6 is 0 Å². The largest absolute Gasteiger partial charge is 0.464 e. The Morgan fingerprint density at radius 2 is 1.79 bits per heavy atom. The maximum absolute atomic E-state index is 13.3. The molecule has 0 fully saturated rings. The molecule has 2 aromatic rings. The lowest BCUT2D eigenvalue weighted by atomic mass is 10.1. The Kier molecular flexibility index (Phi) is 8.03. The number of hydrogen-bond donors (Lipinski definition) is 3. The molecule has 2 atom stereocenters. The maximum Gasteiger partial charge on any atom is 0.418 e. The summed E-state index contributed by atoms with van der Waals surface area (Å²) >= 11 is 0. The van der Waals surface area contributed by atoms with Crippen LogP contribution in [0.5, 0.6) is 0 Å². The van der Waals surface area contributed by atoms with Crippen molar-refractivity contribution in [2.45, 2.75) is 37.1 Å². The number of benzene rings is 2. The third kappa shape index (κ3) is 6.42. The van der Waals surface area contributed by atoms with E-state index in [-0.39, 0.29) is 12.7 Å². The third-order valence-electron chi connectivity index (χ3n) is 4.26. The van der Waals surface area contributed by atoms with E-state index in [0.717, 1.165) is 12.1 Å². The molecule has 0 heterocycles. The molecule has 0 aliphatic rings. The fourth-order valence-electron chi connectivity index (χ4n) is 2.76. The van der Waals surface area contributed by atoms with Gasteiger partial charge in [-0.2, -0.15) is 13.2 Å². The number of alkyl halides is 3. The van der Waals surface area contributed by atoms with E-state index in [1.165, 1.54) is 26.0 Å². The number of amides is 1. The number of halogens is 4. The molecule has 33 heavy (non-hydrogen) atoms. The number of nitrogens with one attached hydrogen (secondary N) is 2. The van der Waals surface area contributed by atoms with Crippen LogP contribution in [0.25, 0.3) is 0 Å². The first-order chi connectivity index (χ1) is 15.3. The zero-order valence-corrected chi connectivity index (χ0v) is 18.1. The van der Waals surface area contributed by atoms with E-state index in [2.05, 4.69) is 5.32 Å². The summed E-state index contributed by atoms with van der Waals surface area (Å²) in [7, 11) is -4.78. The minimum Gasteiger partial charge on any atom is -0.464 e. The van der Waals surface area contributed by atoms with Gasteiger partial charge in [0.15, 0.2) is 6.04 Å². The highest BCUT2D eigenvalue weighted by atomic mass is 32.2. The van der Waals surface area contributed by atoms with Crippen LogP contribution < -0.4 is 10.0 Å². The lowest BCUT2D eigenvalue weighted by molar-refractivity contribution is -0.148. The second kappa shape index (κ2) is 10.2. The highest BCUT2D eigenvalue weighted by Gasteiger charge is 2.36. The normalized spacial score (nSPS) is 13.7. The van der Waals surface area contributed by atoms with Crippen molar-refractivity contribution in [2.75, 3.05) is 11.3 Å². The molecule has 0 bridgehead atoms. The van der Waals surface area contributed by atoms with Gasteiger partial charge in [0.05, 0.1) is 29.5 Å². The van der Waals surface area contributed by atoms with Gasteiger partial charge < -0.3 is 15.2 Å². The van der Waals surface area contributed by atoms with Crippen molar-refractivity contribution in [3.05, 3.63) is 59.4 Å². The highest BCUT2D eigenvalue weighted by molar-refractivity contribution is 7.92. The average molecular weight is 492 g/mol. The topological polar surface area (TPSA) is 122 Å². The fourth-order valence-corrected chi connectivity index (χ4v) is 4.04. The summed E-state index contributed by atoms with van der Waals surface area (Å²) in [6, 6.07) is 4.35. The molecule has 2 rings (SSSR count). The molecular formula is C20H20F4N2O6S. The molecule has 1 amide bonds. The van der Waals surface area contributed by atoms with Gasteiger partial charge in [0.1, 0.15) is 10.7 Å². The number of carbonyl (C=O) groups excluding carboxylic acids is 2. The Bertz CT molecular complexity index is 1140. The van der Waals surface area contributed by atoms with Crippen molar-refractivity contribution in [1.29, 1.82) is 0 Å². The summed E-state index contributed by atoms with van der Waals surface area (Å²) < 4.78 is 85.2. The lowest BCUT2D eigenvalue weighted by Gasteiger charge is -2.21. The Balaban J connectivity index is 2.44. The molecule has 2 unspecified atom stereocenters. The Labute approximate surface area is 186 Å². The van der Waals surface area contributed by atoms with Crippen molar-refractivity contribution in [2.24, 2.45) is 0 Å². The first-order valence-corrected chi connectivity index (χ1v) is 10.9. The molecule has 0 aromatic heterocycles. The second-order valence-electron chi connectivity index (χ2n) is 6.73. The molecular weight excluding hydrogens is 472 g/mol. The Morgan fingerprint density at radius 3 is 2.36 bits per heavy atom. The quantitative estimate of drug-likeness (QED) is 0.385. The molecule has 0 aliphatic carbocycles. The Morgan fingerprint density at radius 1 is 1.15 bits per heavy atom. The molecule has 0 saturated heterocycles. The molecule has 3 N–H and O–H groups in total. The van der Waals surface area contributed by atoms with E-state index in [0.29, 0.717) is 12.1 Å². The predicted octanol–water partition coefficient (Wildman–Crippen LogP) is 2.69. The van der Waals surface area contributed by atoms with E-state index in [1.807, 2.05) is 0 Å². The number of ether oxygens (including phenoxy) is 1. The SMILES string of the molecule is CCOC(=O)C(NC(=O)c1ccccc1S(=O)(=O)Nc1ccc(F)cc1C(F)(F)F)C(C)O. The number of anilines is 1. The van der Waals surface area contributed by atoms with Crippen molar-refractivity contribution >= 4 is 27.6 Å². The summed E-state index contributed by atoms with van der Waals surface area (Å²) in [5, 5.41) is 11.9. The van der Waals surface area contributed by atoms with Crippen LogP contribution in [0.2, 0.25) is 0 Å². The predicted molar refractivity (Wildman–Crippen MR) is 108 cm³/mol. The summed E-state index contributed by atoms with van der Waals surface area (Å²) in [6.45, 7) is 2.64. The van der Waals surface area contributed by atoms with Crippen LogP contribution in [0.15, 0.2) is 47.4 Å². The standard InChI is InChI=1S/C20H20F4N2O6S/c1-3-32-19(29)17(11(2)27)25-18(28)13-6-4-5-7-16(13)33(30,31)26-15-9-8-12(21)10-14(15)20(22,23)24/h4-11,17,26-27H,3H2,1-2H3,(H,25,28). The molecule has 2 aromatic carbocycles. The number of rotatable bonds is 8. The monoisotopic (exact) mass is 492 g/mol. The summed E-state index contributed by atoms with van der Waals surface area (Å²) in [4.78, 5) is 24.0. The van der Waals surface area contributed by atoms with Crippen molar-refractivity contribution < 1.29 is 45.4 Å². The minimum absolute atomic E-state index is 0.0496. The van der Waals surface area contributed by atoms with E-state index >= 15 is 0 Å². The summed E-state index contributed by atoms with van der Waals surface area (Å²) in [5.74, 6) is -3.31. The maximum atomic E-state index is 13.3. The summed E-state index contributed by atoms with van der Waals surface area (Å²) in [6.07, 6.45) is -6.47. The molecule has 0 aliphatic heterocycles.